The molecule has 0 saturated heterocycles. The van der Waals surface area contributed by atoms with Crippen LogP contribution in [-0.4, -0.2) is 69.9 Å². The van der Waals surface area contributed by atoms with Gasteiger partial charge in [-0.15, -0.1) is 0 Å². The van der Waals surface area contributed by atoms with Crippen LogP contribution in [0, 0.1) is 17.8 Å². The first kappa shape index (κ1) is 33.9. The van der Waals surface area contributed by atoms with Crippen LogP contribution in [-0.2, 0) is 39.3 Å². The molecule has 1 heterocycles. The number of carboxylic acid groups (broad SMARTS) is 2. The van der Waals surface area contributed by atoms with Gasteiger partial charge in [0.15, 0.2) is 0 Å². The molecule has 0 aromatic carbocycles. The zero-order chi connectivity index (χ0) is 29.9. The minimum Gasteiger partial charge on any atom is -0.481 e. The van der Waals surface area contributed by atoms with Gasteiger partial charge in [0.1, 0.15) is 11.6 Å². The summed E-state index contributed by atoms with van der Waals surface area (Å²) in [6.45, 7) is 7.35. The number of nitrogens with two attached hydrogens (primary N) is 1. The number of rotatable bonds is 18. The molecule has 1 aromatic heterocycles. The van der Waals surface area contributed by atoms with Crippen LogP contribution in [0.25, 0.3) is 0 Å². The molecular weight excluding hydrogens is 533 g/mol. The Balaban J connectivity index is 2.57. The zero-order valence-corrected chi connectivity index (χ0v) is 24.0. The van der Waals surface area contributed by atoms with Crippen molar-refractivity contribution in [2.24, 2.45) is 10.8 Å². The van der Waals surface area contributed by atoms with Gasteiger partial charge in [0.2, 0.25) is 11.8 Å². The summed E-state index contributed by atoms with van der Waals surface area (Å²) in [5, 5.41) is 23.7. The van der Waals surface area contributed by atoms with Gasteiger partial charge < -0.3 is 35.6 Å². The van der Waals surface area contributed by atoms with Crippen LogP contribution in [0.4, 0.5) is 5.82 Å². The highest BCUT2D eigenvalue weighted by Gasteiger charge is 2.32. The van der Waals surface area contributed by atoms with Crippen LogP contribution in [0.15, 0.2) is 6.20 Å². The lowest BCUT2D eigenvalue weighted by molar-refractivity contribution is -0.148. The second-order valence-corrected chi connectivity index (χ2v) is 12.5. The molecule has 6 N–H and O–H groups in total. The Morgan fingerprint density at radius 2 is 1.44 bits per heavy atom. The van der Waals surface area contributed by atoms with E-state index in [1.54, 1.807) is 6.92 Å². The fourth-order valence-corrected chi connectivity index (χ4v) is 4.30. The number of nitrogens with one attached hydrogen (secondary N) is 2. The van der Waals surface area contributed by atoms with Crippen LogP contribution in [0.5, 0.6) is 0 Å². The predicted molar refractivity (Wildman–Crippen MR) is 142 cm³/mol. The Morgan fingerprint density at radius 1 is 0.949 bits per heavy atom. The van der Waals surface area contributed by atoms with E-state index in [1.807, 2.05) is 0 Å². The largest absolute Gasteiger partial charge is 0.481 e. The molecule has 1 aromatic rings. The second-order valence-electron chi connectivity index (χ2n) is 10.3. The number of aromatic nitrogens is 2. The fourth-order valence-electron chi connectivity index (χ4n) is 2.84. The van der Waals surface area contributed by atoms with Crippen LogP contribution in [0.1, 0.15) is 64.8 Å². The Bertz CT molecular complexity index is 1040. The summed E-state index contributed by atoms with van der Waals surface area (Å²) in [6.07, 6.45) is 1.17. The summed E-state index contributed by atoms with van der Waals surface area (Å²) < 4.78 is 24.2. The number of carboxylic acids is 2. The summed E-state index contributed by atoms with van der Waals surface area (Å²) in [6, 6.07) is 0. The average molecular weight is 574 g/mol. The number of anilines is 1. The smallest absolute Gasteiger partial charge is 0.332 e. The van der Waals surface area contributed by atoms with Crippen molar-refractivity contribution in [3.63, 3.8) is 0 Å². The van der Waals surface area contributed by atoms with E-state index in [0.717, 1.165) is 0 Å². The summed E-state index contributed by atoms with van der Waals surface area (Å²) in [5.74, 6) is -2.17. The lowest BCUT2D eigenvalue weighted by Gasteiger charge is -2.24. The Morgan fingerprint density at radius 3 is 1.90 bits per heavy atom. The molecule has 1 rings (SSSR count). The lowest BCUT2D eigenvalue weighted by Crippen LogP contribution is -2.30. The van der Waals surface area contributed by atoms with E-state index < -0.39 is 36.3 Å². The number of hydrogen-bond donors (Lipinski definition) is 5. The van der Waals surface area contributed by atoms with Gasteiger partial charge in [-0.1, -0.05) is 0 Å². The predicted octanol–water partition coefficient (Wildman–Crippen LogP) is 2.11. The molecule has 0 radical (unpaired) electrons. The highest BCUT2D eigenvalue weighted by atomic mass is 31.2. The fraction of sp³-hybridized carbons (Fsp3) is 0.667. The van der Waals surface area contributed by atoms with Gasteiger partial charge in [-0.3, -0.25) is 23.7 Å². The SMILES string of the molecule is Cc1ncc(CNC(=O)CCC(=O)NCCP(=O)(OCCC(C)(C)C(=O)O)OCCC(C)(C)C(=O)O)c(N)n1. The van der Waals surface area contributed by atoms with Crippen molar-refractivity contribution in [1.82, 2.24) is 20.6 Å². The van der Waals surface area contributed by atoms with Crippen LogP contribution < -0.4 is 16.4 Å². The molecule has 0 atom stereocenters. The first-order valence-corrected chi connectivity index (χ1v) is 14.2. The van der Waals surface area contributed by atoms with Gasteiger partial charge in [-0.25, -0.2) is 9.97 Å². The highest BCUT2D eigenvalue weighted by molar-refractivity contribution is 7.53. The van der Waals surface area contributed by atoms with E-state index in [1.165, 1.54) is 33.9 Å². The zero-order valence-electron chi connectivity index (χ0n) is 23.1. The van der Waals surface area contributed by atoms with Crippen LogP contribution in [0.2, 0.25) is 0 Å². The topological polar surface area (TPSA) is 220 Å². The number of aryl methyl sites for hydroxylation is 1. The minimum atomic E-state index is -3.80. The molecular formula is C24H40N5O9P. The van der Waals surface area contributed by atoms with Crippen molar-refractivity contribution < 1.29 is 43.0 Å². The average Bonchev–Trinajstić information content (AvgIpc) is 2.81. The maximum atomic E-state index is 13.3. The van der Waals surface area contributed by atoms with Crippen LogP contribution >= 0.6 is 7.60 Å². The summed E-state index contributed by atoms with van der Waals surface area (Å²) in [7, 11) is -3.80. The second kappa shape index (κ2) is 14.9. The van der Waals surface area contributed by atoms with Gasteiger partial charge in [0.05, 0.1) is 30.2 Å². The number of carbonyl (C=O) groups is 4. The van der Waals surface area contributed by atoms with Gasteiger partial charge in [-0.05, 0) is 47.5 Å². The summed E-state index contributed by atoms with van der Waals surface area (Å²) in [5.41, 5.74) is 4.09. The molecule has 0 aliphatic rings. The van der Waals surface area contributed by atoms with E-state index in [2.05, 4.69) is 20.6 Å². The van der Waals surface area contributed by atoms with Crippen molar-refractivity contribution in [3.05, 3.63) is 17.6 Å². The molecule has 2 amide bonds. The maximum absolute atomic E-state index is 13.3. The lowest BCUT2D eigenvalue weighted by atomic mass is 9.90. The standard InChI is InChI=1S/C24H40N5O9P/c1-16-27-14-17(20(25)29-16)15-28-19(31)7-6-18(30)26-10-13-39(36,37-11-8-23(2,3)21(32)33)38-12-9-24(4,5)22(34)35/h14H,6-13,15H2,1-5H3,(H,26,30)(H,28,31)(H,32,33)(H,34,35)(H2,25,27,29). The number of nitrogens with zero attached hydrogens (tertiary/aromatic N) is 2. The van der Waals surface area contributed by atoms with Gasteiger partial charge in [-0.2, -0.15) is 0 Å². The third kappa shape index (κ3) is 12.5. The molecule has 0 saturated carbocycles. The Labute approximate surface area is 228 Å². The molecule has 0 aliphatic carbocycles. The van der Waals surface area contributed by atoms with E-state index in [0.29, 0.717) is 11.4 Å². The normalized spacial score (nSPS) is 12.1. The first-order chi connectivity index (χ1) is 18.0. The Hall–Kier alpha value is -3.09. The highest BCUT2D eigenvalue weighted by Crippen LogP contribution is 2.48. The van der Waals surface area contributed by atoms with Gasteiger partial charge in [0, 0.05) is 37.7 Å². The molecule has 39 heavy (non-hydrogen) atoms. The molecule has 0 aliphatic heterocycles. The molecule has 15 heteroatoms. The monoisotopic (exact) mass is 573 g/mol. The third-order valence-electron chi connectivity index (χ3n) is 5.97. The van der Waals surface area contributed by atoms with Crippen molar-refractivity contribution in [2.75, 3.05) is 31.7 Å². The minimum absolute atomic E-state index is 0.0537. The number of carbonyl (C=O) groups excluding carboxylic acids is 2. The van der Waals surface area contributed by atoms with E-state index >= 15 is 0 Å². The van der Waals surface area contributed by atoms with Crippen molar-refractivity contribution in [2.45, 2.75) is 66.8 Å². The molecule has 0 bridgehead atoms. The van der Waals surface area contributed by atoms with Crippen molar-refractivity contribution in [3.8, 4) is 0 Å². The molecule has 14 nitrogen and oxygen atoms in total. The number of nitrogen functional groups attached to an aromatic ring is 1. The van der Waals surface area contributed by atoms with E-state index in [9.17, 15) is 34.0 Å². The van der Waals surface area contributed by atoms with E-state index in [4.69, 9.17) is 14.8 Å². The quantitative estimate of drug-likeness (QED) is 0.159. The maximum Gasteiger partial charge on any atom is 0.332 e. The number of amides is 2. The molecule has 0 fully saturated rings. The van der Waals surface area contributed by atoms with Gasteiger partial charge >= 0.3 is 19.5 Å². The molecule has 220 valence electrons. The third-order valence-corrected chi connectivity index (χ3v) is 7.89. The van der Waals surface area contributed by atoms with Crippen LogP contribution in [0.3, 0.4) is 0 Å². The number of hydrogen-bond acceptors (Lipinski definition) is 10. The summed E-state index contributed by atoms with van der Waals surface area (Å²) >= 11 is 0. The number of aliphatic carboxylic acids is 2. The van der Waals surface area contributed by atoms with Crippen molar-refractivity contribution in [1.29, 1.82) is 0 Å². The van der Waals surface area contributed by atoms with E-state index in [-0.39, 0.29) is 69.9 Å². The first-order valence-electron chi connectivity index (χ1n) is 12.4. The molecule has 0 unspecified atom stereocenters. The molecule has 0 spiro atoms. The van der Waals surface area contributed by atoms with Gasteiger partial charge in [0.25, 0.3) is 0 Å². The van der Waals surface area contributed by atoms with Crippen molar-refractivity contribution >= 4 is 37.2 Å². The Kier molecular flexibility index (Phi) is 13.0. The summed E-state index contributed by atoms with van der Waals surface area (Å²) in [4.78, 5) is 55.0.